The zero-order valence-electron chi connectivity index (χ0n) is 44.9. The summed E-state index contributed by atoms with van der Waals surface area (Å²) >= 11 is 20.2. The number of likely N-dealkylation sites (tertiary alicyclic amines) is 4. The van der Waals surface area contributed by atoms with E-state index in [9.17, 15) is 58.0 Å². The highest BCUT2D eigenvalue weighted by molar-refractivity contribution is 6.66. The minimum absolute atomic E-state index is 0.0541. The summed E-state index contributed by atoms with van der Waals surface area (Å²) in [6.45, 7) is 16.5. The van der Waals surface area contributed by atoms with E-state index in [1.54, 1.807) is 52.8 Å². The van der Waals surface area contributed by atoms with Gasteiger partial charge in [0.15, 0.2) is 0 Å². The first-order chi connectivity index (χ1) is 35.5. The molecule has 0 bridgehead atoms. The van der Waals surface area contributed by atoms with Crippen molar-refractivity contribution in [2.45, 2.75) is 158 Å². The largest absolute Gasteiger partial charge is 0.511 e. The Kier molecular flexibility index (Phi) is 27.8. The van der Waals surface area contributed by atoms with E-state index in [2.05, 4.69) is 14.8 Å². The van der Waals surface area contributed by atoms with Gasteiger partial charge in [-0.2, -0.15) is 5.26 Å². The van der Waals surface area contributed by atoms with E-state index in [0.29, 0.717) is 45.6 Å². The molecular formula is C49H73BCl4F2N6O15. The monoisotopic (exact) mass is 1170 g/mol. The molecule has 0 aliphatic carbocycles. The van der Waals surface area contributed by atoms with Gasteiger partial charge in [-0.25, -0.2) is 32.8 Å². The van der Waals surface area contributed by atoms with Crippen molar-refractivity contribution in [1.29, 1.82) is 5.26 Å². The molecule has 21 nitrogen and oxygen atoms in total. The van der Waals surface area contributed by atoms with Crippen molar-refractivity contribution in [2.24, 2.45) is 0 Å². The van der Waals surface area contributed by atoms with E-state index in [1.165, 1.54) is 11.0 Å². The number of alkyl carbamates (subject to hydrolysis) is 1. The van der Waals surface area contributed by atoms with Crippen LogP contribution in [0.3, 0.4) is 0 Å². The number of carbonyl (C=O) groups excluding carboxylic acids is 6. The van der Waals surface area contributed by atoms with Gasteiger partial charge < -0.3 is 63.6 Å². The molecule has 0 radical (unpaired) electrons. The number of benzene rings is 1. The first kappa shape index (κ1) is 68.5. The summed E-state index contributed by atoms with van der Waals surface area (Å²) in [6.07, 6.45) is 1.50. The van der Waals surface area contributed by atoms with Crippen LogP contribution in [0.5, 0.6) is 0 Å². The molecule has 28 heteroatoms. The maximum Gasteiger partial charge on any atom is 0.511 e. The highest BCUT2D eigenvalue weighted by Crippen LogP contribution is 2.33. The lowest BCUT2D eigenvalue weighted by molar-refractivity contribution is -0.129. The molecular weight excluding hydrogens is 1100 g/mol. The van der Waals surface area contributed by atoms with Crippen LogP contribution in [0.2, 0.25) is 0 Å². The highest BCUT2D eigenvalue weighted by Gasteiger charge is 2.44. The van der Waals surface area contributed by atoms with Gasteiger partial charge in [0.2, 0.25) is 0 Å². The predicted molar refractivity (Wildman–Crippen MR) is 282 cm³/mol. The predicted octanol–water partition coefficient (Wildman–Crippen LogP) is 8.13. The Labute approximate surface area is 469 Å². The molecule has 0 unspecified atom stereocenters. The molecule has 4 aliphatic heterocycles. The number of piperidine rings is 3. The van der Waals surface area contributed by atoms with Gasteiger partial charge in [0, 0.05) is 56.3 Å². The van der Waals surface area contributed by atoms with E-state index in [0.717, 1.165) is 38.4 Å². The molecule has 4 amide bonds. The molecule has 4 fully saturated rings. The zero-order chi connectivity index (χ0) is 58.5. The smallest absolute Gasteiger partial charge is 0.448 e. The number of aliphatic hydroxyl groups is 1. The molecule has 1 aromatic rings. The lowest BCUT2D eigenvalue weighted by atomic mass is 9.76. The Morgan fingerprint density at radius 3 is 1.75 bits per heavy atom. The molecule has 4 N–H and O–H groups in total. The molecule has 5 rings (SSSR count). The SMILES string of the molecule is CC(C)(C)OC(=O)N1CCC[C@H](O)C1.CC(C)(C)OC(=O)N1CCC[C@H](OC(=O)Cl)C1.CC(C)(C=C(C#N)C(=O)N1CCC[C@H](OC(=O)N[C@@H](Cc2ccccc2)B(O)O)C1)N1CCC(F)(F)C1.COC(=O)OC(Cl)(Cl)Cl. The zero-order valence-corrected chi connectivity index (χ0v) is 47.9. The van der Waals surface area contributed by atoms with Gasteiger partial charge in [0.1, 0.15) is 35.1 Å². The van der Waals surface area contributed by atoms with Crippen molar-refractivity contribution in [2.75, 3.05) is 59.5 Å². The number of rotatable bonds is 9. The Morgan fingerprint density at radius 1 is 0.805 bits per heavy atom. The lowest BCUT2D eigenvalue weighted by Gasteiger charge is -2.35. The summed E-state index contributed by atoms with van der Waals surface area (Å²) in [7, 11) is -0.696. The molecule has 0 aromatic heterocycles. The highest BCUT2D eigenvalue weighted by atomic mass is 35.6. The lowest BCUT2D eigenvalue weighted by Crippen LogP contribution is -2.50. The Balaban J connectivity index is 0.000000416. The van der Waals surface area contributed by atoms with Crippen LogP contribution in [0.25, 0.3) is 0 Å². The van der Waals surface area contributed by atoms with Gasteiger partial charge in [-0.1, -0.05) is 30.3 Å². The number of methoxy groups -OCH3 is 1. The fourth-order valence-corrected chi connectivity index (χ4v) is 8.20. The average Bonchev–Trinajstić information content (AvgIpc) is 3.70. The summed E-state index contributed by atoms with van der Waals surface area (Å²) < 4.78 is 54.2. The average molecular weight is 1180 g/mol. The van der Waals surface area contributed by atoms with Crippen molar-refractivity contribution in [3.63, 3.8) is 0 Å². The van der Waals surface area contributed by atoms with Gasteiger partial charge in [0.25, 0.3) is 11.8 Å². The number of halogens is 6. The third-order valence-corrected chi connectivity index (χ3v) is 11.8. The fourth-order valence-electron chi connectivity index (χ4n) is 7.88. The van der Waals surface area contributed by atoms with Crippen LogP contribution in [-0.4, -0.2) is 188 Å². The first-order valence-electron chi connectivity index (χ1n) is 24.8. The van der Waals surface area contributed by atoms with E-state index in [1.807, 2.05) is 53.7 Å². The standard InChI is InChI=1S/C25H33BF2N4O5.C11H18ClNO4.C10H19NO3.C3H3Cl3O3/c1-24(2,32-12-10-25(27,28)17-32)14-19(15-29)22(33)31-11-6-9-20(16-31)37-23(34)30-21(26(35)36)13-18-7-4-3-5-8-18;1-11(2,3)17-10(15)13-6-4-5-8(7-13)16-9(12)14;1-10(2,3)14-9(13)11-6-4-5-8(12)7-11;1-8-2(7)9-3(4,5)6/h3-5,7-8,14,20-21,35-36H,6,9-13,16-17H2,1-2H3,(H,30,34);8H,4-7H2,1-3H3;8,12H,4-7H2,1-3H3;1H3/t20-,21-;2*8-;/m000./s1. The van der Waals surface area contributed by atoms with Crippen molar-refractivity contribution in [1.82, 2.24) is 24.9 Å². The topological polar surface area (TPSA) is 267 Å². The van der Waals surface area contributed by atoms with Crippen molar-refractivity contribution in [3.05, 3.63) is 47.5 Å². The number of nitriles is 1. The molecule has 0 saturated carbocycles. The minimum Gasteiger partial charge on any atom is -0.448 e. The molecule has 1 aromatic carbocycles. The Bertz CT molecular complexity index is 2160. The minimum atomic E-state index is -2.80. The van der Waals surface area contributed by atoms with E-state index < -0.39 is 82.0 Å². The van der Waals surface area contributed by atoms with Crippen molar-refractivity contribution in [3.8, 4) is 6.07 Å². The number of amides is 4. The van der Waals surface area contributed by atoms with Crippen LogP contribution in [0.1, 0.15) is 106 Å². The van der Waals surface area contributed by atoms with Crippen LogP contribution in [-0.2, 0) is 39.6 Å². The number of β-amino-alcohol motifs (C(OH)–C–C–N with tert-alkyl or cyclic N) is 1. The number of ether oxygens (including phenoxy) is 6. The van der Waals surface area contributed by atoms with Gasteiger partial charge in [0.05, 0.1) is 38.8 Å². The number of aliphatic hydroxyl groups excluding tert-OH is 1. The number of nitrogens with zero attached hydrogens (tertiary/aromatic N) is 5. The summed E-state index contributed by atoms with van der Waals surface area (Å²) in [5, 5.41) is 40.8. The van der Waals surface area contributed by atoms with Crippen LogP contribution in [0.4, 0.5) is 32.8 Å². The maximum atomic E-state index is 13.7. The third-order valence-electron chi connectivity index (χ3n) is 11.4. The van der Waals surface area contributed by atoms with Crippen LogP contribution in [0, 0.1) is 11.3 Å². The molecule has 77 heavy (non-hydrogen) atoms. The molecule has 4 aliphatic rings. The molecule has 4 atom stereocenters. The van der Waals surface area contributed by atoms with Gasteiger partial charge in [-0.05, 0) is 147 Å². The van der Waals surface area contributed by atoms with Crippen LogP contribution in [0.15, 0.2) is 42.0 Å². The van der Waals surface area contributed by atoms with Crippen molar-refractivity contribution < 1.29 is 81.1 Å². The van der Waals surface area contributed by atoms with Gasteiger partial charge >= 0.3 is 41.0 Å². The van der Waals surface area contributed by atoms with E-state index >= 15 is 0 Å². The van der Waals surface area contributed by atoms with Gasteiger partial charge in [-0.15, -0.1) is 0 Å². The normalized spacial score (nSPS) is 20.3. The van der Waals surface area contributed by atoms with Gasteiger partial charge in [-0.3, -0.25) is 9.69 Å². The third kappa shape index (κ3) is 28.2. The molecule has 4 heterocycles. The summed E-state index contributed by atoms with van der Waals surface area (Å²) in [4.78, 5) is 75.7. The Hall–Kier alpha value is -4.61. The van der Waals surface area contributed by atoms with E-state index in [-0.39, 0.29) is 49.8 Å². The Morgan fingerprint density at radius 2 is 1.31 bits per heavy atom. The van der Waals surface area contributed by atoms with E-state index in [4.69, 9.17) is 65.4 Å². The summed E-state index contributed by atoms with van der Waals surface area (Å²) in [5.41, 5.74) is -2.10. The second-order valence-electron chi connectivity index (χ2n) is 20.9. The summed E-state index contributed by atoms with van der Waals surface area (Å²) in [5.74, 6) is -4.35. The number of hydrogen-bond acceptors (Lipinski definition) is 17. The van der Waals surface area contributed by atoms with Crippen molar-refractivity contribution >= 4 is 89.3 Å². The fraction of sp³-hybridized carbons (Fsp3) is 0.694. The van der Waals surface area contributed by atoms with Crippen LogP contribution >= 0.6 is 46.4 Å². The first-order valence-corrected chi connectivity index (χ1v) is 26.3. The summed E-state index contributed by atoms with van der Waals surface area (Å²) in [6, 6.07) is 10.9. The second kappa shape index (κ2) is 31.3. The van der Waals surface area contributed by atoms with Crippen LogP contribution < -0.4 is 5.32 Å². The second-order valence-corrected chi connectivity index (χ2v) is 23.4. The number of nitrogens with one attached hydrogen (secondary N) is 1. The molecule has 0 spiro atoms. The number of hydrogen-bond donors (Lipinski definition) is 4. The quantitative estimate of drug-likeness (QED) is 0.0346. The number of carbonyl (C=O) groups is 6. The maximum absolute atomic E-state index is 13.7. The molecule has 434 valence electrons. The number of alkyl halides is 5. The molecule has 4 saturated heterocycles.